The number of piperazine rings is 1. The van der Waals surface area contributed by atoms with Gasteiger partial charge in [-0.15, -0.1) is 0 Å². The molecule has 1 aromatic carbocycles. The third-order valence-corrected chi connectivity index (χ3v) is 4.97. The van der Waals surface area contributed by atoms with E-state index in [1.807, 2.05) is 0 Å². The molecule has 2 atom stereocenters. The normalized spacial score (nSPS) is 21.5. The number of alkyl halides is 3. The van der Waals surface area contributed by atoms with E-state index in [0.29, 0.717) is 11.9 Å². The van der Waals surface area contributed by atoms with Gasteiger partial charge in [-0.25, -0.2) is 4.98 Å². The molecule has 2 aliphatic heterocycles. The fourth-order valence-corrected chi connectivity index (χ4v) is 3.94. The van der Waals surface area contributed by atoms with Crippen molar-refractivity contribution in [1.82, 2.24) is 15.3 Å². The molecule has 0 amide bonds. The molecule has 6 nitrogen and oxygen atoms in total. The van der Waals surface area contributed by atoms with E-state index < -0.39 is 11.7 Å². The van der Waals surface area contributed by atoms with Crippen LogP contribution in [0, 0.1) is 0 Å². The number of fused-ring (bicyclic) bond motifs is 5. The molecule has 3 N–H and O–H groups in total. The van der Waals surface area contributed by atoms with Crippen LogP contribution in [-0.4, -0.2) is 35.1 Å². The summed E-state index contributed by atoms with van der Waals surface area (Å²) in [5.74, 6) is 0.415. The Hall–Kier alpha value is -1.85. The summed E-state index contributed by atoms with van der Waals surface area (Å²) in [5, 5.41) is 3.31. The maximum Gasteiger partial charge on any atom is 0.417 e. The lowest BCUT2D eigenvalue weighted by atomic mass is 10.1. The highest BCUT2D eigenvalue weighted by atomic mass is 32.1. The van der Waals surface area contributed by atoms with Crippen LogP contribution >= 0.6 is 27.0 Å². The second kappa shape index (κ2) is 6.64. The number of nitrogens with one attached hydrogen (secondary N) is 1. The molecule has 146 valence electrons. The van der Waals surface area contributed by atoms with Crippen LogP contribution in [0.3, 0.4) is 0 Å². The molecule has 2 saturated heterocycles. The Balaban J connectivity index is 0.00000105. The molecule has 0 spiro atoms. The van der Waals surface area contributed by atoms with Crippen molar-refractivity contribution in [2.75, 3.05) is 23.7 Å². The monoisotopic (exact) mass is 417 g/mol. The lowest BCUT2D eigenvalue weighted by Crippen LogP contribution is -2.44. The number of aromatic nitrogens is 2. The minimum absolute atomic E-state index is 0. The Morgan fingerprint density at radius 3 is 2.63 bits per heavy atom. The summed E-state index contributed by atoms with van der Waals surface area (Å²) >= 11 is 0. The number of nitrogens with zero attached hydrogens (tertiary/aromatic N) is 3. The second-order valence-electron chi connectivity index (χ2n) is 6.51. The molecule has 2 fully saturated rings. The van der Waals surface area contributed by atoms with Gasteiger partial charge in [-0.2, -0.15) is 45.1 Å². The standard InChI is InChI=1S/C16H14F3N5O.2H2S/c17-16(18,19)9-2-1-3-10-11(9)12-13(25-10)14(23-15(20)22-12)24-6-7-4-8(24)5-21-7;;/h1-3,7-8,21H,4-6H2,(H2,20,22,23);2*1H2/t7-,8?;;/m0../s1. The molecule has 27 heavy (non-hydrogen) atoms. The van der Waals surface area contributed by atoms with E-state index in [-0.39, 0.29) is 61.1 Å². The quantitative estimate of drug-likeness (QED) is 0.634. The minimum Gasteiger partial charge on any atom is -0.450 e. The Bertz CT molecular complexity index is 1010. The van der Waals surface area contributed by atoms with E-state index in [2.05, 4.69) is 20.2 Å². The van der Waals surface area contributed by atoms with Crippen LogP contribution in [0.1, 0.15) is 12.0 Å². The number of benzene rings is 1. The van der Waals surface area contributed by atoms with E-state index >= 15 is 0 Å². The molecular formula is C16H18F3N5OS2. The number of halogens is 3. The maximum atomic E-state index is 13.4. The lowest BCUT2D eigenvalue weighted by molar-refractivity contribution is -0.136. The number of rotatable bonds is 1. The molecule has 1 unspecified atom stereocenters. The van der Waals surface area contributed by atoms with Crippen molar-refractivity contribution in [3.05, 3.63) is 23.8 Å². The van der Waals surface area contributed by atoms with Crippen LogP contribution in [0.5, 0.6) is 0 Å². The van der Waals surface area contributed by atoms with Crippen molar-refractivity contribution in [2.45, 2.75) is 24.7 Å². The fourth-order valence-electron chi connectivity index (χ4n) is 3.94. The molecule has 0 saturated carbocycles. The van der Waals surface area contributed by atoms with Gasteiger partial charge in [0.2, 0.25) is 5.95 Å². The topological polar surface area (TPSA) is 80.2 Å². The van der Waals surface area contributed by atoms with Gasteiger partial charge in [0.05, 0.1) is 10.9 Å². The van der Waals surface area contributed by atoms with E-state index in [4.69, 9.17) is 10.2 Å². The van der Waals surface area contributed by atoms with Gasteiger partial charge in [0.25, 0.3) is 0 Å². The molecule has 0 aliphatic carbocycles. The summed E-state index contributed by atoms with van der Waals surface area (Å²) < 4.78 is 46.0. The van der Waals surface area contributed by atoms with Gasteiger partial charge in [0, 0.05) is 25.2 Å². The summed E-state index contributed by atoms with van der Waals surface area (Å²) in [5.41, 5.74) is 5.53. The molecule has 4 heterocycles. The van der Waals surface area contributed by atoms with Crippen LogP contribution in [0.15, 0.2) is 22.6 Å². The molecule has 2 aliphatic rings. The van der Waals surface area contributed by atoms with E-state index in [9.17, 15) is 13.2 Å². The van der Waals surface area contributed by atoms with Crippen LogP contribution in [-0.2, 0) is 6.18 Å². The van der Waals surface area contributed by atoms with Gasteiger partial charge in [0.1, 0.15) is 11.1 Å². The van der Waals surface area contributed by atoms with Crippen molar-refractivity contribution >= 4 is 60.8 Å². The molecule has 0 radical (unpaired) electrons. The number of nitrogens with two attached hydrogens (primary N) is 1. The molecule has 2 aromatic heterocycles. The lowest BCUT2D eigenvalue weighted by Gasteiger charge is -2.28. The highest BCUT2D eigenvalue weighted by Crippen LogP contribution is 2.42. The summed E-state index contributed by atoms with van der Waals surface area (Å²) in [6.45, 7) is 1.53. The molecule has 11 heteroatoms. The van der Waals surface area contributed by atoms with Crippen LogP contribution < -0.4 is 16.0 Å². The fraction of sp³-hybridized carbons (Fsp3) is 0.375. The van der Waals surface area contributed by atoms with Gasteiger partial charge in [-0.05, 0) is 18.6 Å². The first kappa shape index (κ1) is 19.9. The SMILES string of the molecule is Nc1nc(N2C[C@@H]3CC2CN3)c2oc3cccc(C(F)(F)F)c3c2n1.S.S. The van der Waals surface area contributed by atoms with Crippen molar-refractivity contribution in [3.63, 3.8) is 0 Å². The van der Waals surface area contributed by atoms with E-state index in [1.165, 1.54) is 12.1 Å². The first-order valence-corrected chi connectivity index (χ1v) is 7.98. The summed E-state index contributed by atoms with van der Waals surface area (Å²) in [6, 6.07) is 4.44. The van der Waals surface area contributed by atoms with E-state index in [0.717, 1.165) is 25.6 Å². The van der Waals surface area contributed by atoms with Crippen LogP contribution in [0.25, 0.3) is 22.1 Å². The Kier molecular flexibility index (Phi) is 4.89. The molecule has 3 aromatic rings. The number of anilines is 2. The van der Waals surface area contributed by atoms with Gasteiger partial charge < -0.3 is 20.4 Å². The number of furan rings is 1. The van der Waals surface area contributed by atoms with Gasteiger partial charge in [-0.1, -0.05) is 6.07 Å². The van der Waals surface area contributed by atoms with Crippen LogP contribution in [0.4, 0.5) is 24.9 Å². The maximum absolute atomic E-state index is 13.4. The largest absolute Gasteiger partial charge is 0.450 e. The summed E-state index contributed by atoms with van der Waals surface area (Å²) in [6.07, 6.45) is -3.54. The molecule has 5 rings (SSSR count). The van der Waals surface area contributed by atoms with Gasteiger partial charge in [0.15, 0.2) is 11.4 Å². The molecular weight excluding hydrogens is 399 g/mol. The first-order valence-electron chi connectivity index (χ1n) is 7.98. The Morgan fingerprint density at radius 2 is 2.00 bits per heavy atom. The second-order valence-corrected chi connectivity index (χ2v) is 6.51. The zero-order valence-electron chi connectivity index (χ0n) is 14.0. The van der Waals surface area contributed by atoms with E-state index in [1.54, 1.807) is 0 Å². The minimum atomic E-state index is -4.51. The summed E-state index contributed by atoms with van der Waals surface area (Å²) in [4.78, 5) is 10.4. The van der Waals surface area contributed by atoms with Crippen LogP contribution in [0.2, 0.25) is 0 Å². The predicted octanol–water partition coefficient (Wildman–Crippen LogP) is 2.75. The first-order chi connectivity index (χ1) is 11.9. The summed E-state index contributed by atoms with van der Waals surface area (Å²) in [7, 11) is 0. The molecule has 2 bridgehead atoms. The number of hydrogen-bond donors (Lipinski definition) is 2. The van der Waals surface area contributed by atoms with Gasteiger partial charge >= 0.3 is 6.18 Å². The van der Waals surface area contributed by atoms with Crippen molar-refractivity contribution in [1.29, 1.82) is 0 Å². The average Bonchev–Trinajstić information content (AvgIpc) is 3.26. The van der Waals surface area contributed by atoms with Crippen molar-refractivity contribution in [2.24, 2.45) is 0 Å². The smallest absolute Gasteiger partial charge is 0.417 e. The predicted molar refractivity (Wildman–Crippen MR) is 107 cm³/mol. The highest BCUT2D eigenvalue weighted by Gasteiger charge is 2.40. The Labute approximate surface area is 166 Å². The average molecular weight is 417 g/mol. The van der Waals surface area contributed by atoms with Crippen molar-refractivity contribution in [3.8, 4) is 0 Å². The number of nitrogen functional groups attached to an aromatic ring is 1. The highest BCUT2D eigenvalue weighted by molar-refractivity contribution is 7.59. The number of hydrogen-bond acceptors (Lipinski definition) is 6. The zero-order chi connectivity index (χ0) is 17.3. The third kappa shape index (κ3) is 2.97. The zero-order valence-corrected chi connectivity index (χ0v) is 16.0. The van der Waals surface area contributed by atoms with Gasteiger partial charge in [-0.3, -0.25) is 0 Å². The third-order valence-electron chi connectivity index (χ3n) is 4.97. The van der Waals surface area contributed by atoms with Crippen molar-refractivity contribution < 1.29 is 17.6 Å². The Morgan fingerprint density at radius 1 is 1.22 bits per heavy atom.